The van der Waals surface area contributed by atoms with Crippen LogP contribution in [0, 0.1) is 0 Å². The van der Waals surface area contributed by atoms with E-state index in [1.807, 2.05) is 4.80 Å². The van der Waals surface area contributed by atoms with Crippen LogP contribution in [0.4, 0.5) is 0 Å². The Labute approximate surface area is 65.6 Å². The standard InChI is InChI=1S/C7H12N4/c1-3-8-4-2-7(1)11-9-5-6-10-11/h5-8H,1-4H2. The third-order valence-corrected chi connectivity index (χ3v) is 2.07. The number of nitrogens with zero attached hydrogens (tertiary/aromatic N) is 3. The zero-order valence-electron chi connectivity index (χ0n) is 6.40. The van der Waals surface area contributed by atoms with Crippen molar-refractivity contribution in [2.45, 2.75) is 18.9 Å². The van der Waals surface area contributed by atoms with Gasteiger partial charge >= 0.3 is 0 Å². The minimum Gasteiger partial charge on any atom is -0.317 e. The van der Waals surface area contributed by atoms with Gasteiger partial charge in [-0.1, -0.05) is 0 Å². The molecule has 4 heteroatoms. The van der Waals surface area contributed by atoms with Crippen molar-refractivity contribution in [3.63, 3.8) is 0 Å². The fraction of sp³-hybridized carbons (Fsp3) is 0.714. The first kappa shape index (κ1) is 6.79. The summed E-state index contributed by atoms with van der Waals surface area (Å²) in [4.78, 5) is 1.82. The predicted octanol–water partition coefficient (Wildman–Crippen LogP) is 0.203. The van der Waals surface area contributed by atoms with Crippen molar-refractivity contribution in [2.75, 3.05) is 13.1 Å². The highest BCUT2D eigenvalue weighted by Crippen LogP contribution is 2.14. The average Bonchev–Trinajstić information content (AvgIpc) is 2.58. The molecule has 1 aromatic heterocycles. The minimum atomic E-state index is 0.520. The summed E-state index contributed by atoms with van der Waals surface area (Å²) >= 11 is 0. The van der Waals surface area contributed by atoms with Crippen molar-refractivity contribution in [1.82, 2.24) is 20.3 Å². The van der Waals surface area contributed by atoms with E-state index in [1.54, 1.807) is 12.4 Å². The van der Waals surface area contributed by atoms with Crippen LogP contribution in [-0.2, 0) is 0 Å². The molecule has 1 N–H and O–H groups in total. The van der Waals surface area contributed by atoms with E-state index < -0.39 is 0 Å². The van der Waals surface area contributed by atoms with Crippen molar-refractivity contribution in [2.24, 2.45) is 0 Å². The van der Waals surface area contributed by atoms with Gasteiger partial charge in [0, 0.05) is 0 Å². The highest BCUT2D eigenvalue weighted by Gasteiger charge is 2.14. The van der Waals surface area contributed by atoms with E-state index in [-0.39, 0.29) is 0 Å². The first-order chi connectivity index (χ1) is 5.47. The second-order valence-electron chi connectivity index (χ2n) is 2.83. The largest absolute Gasteiger partial charge is 0.317 e. The van der Waals surface area contributed by atoms with E-state index in [2.05, 4.69) is 15.5 Å². The van der Waals surface area contributed by atoms with Gasteiger partial charge in [-0.3, -0.25) is 0 Å². The van der Waals surface area contributed by atoms with E-state index in [4.69, 9.17) is 0 Å². The maximum absolute atomic E-state index is 4.12. The maximum Gasteiger partial charge on any atom is 0.0740 e. The molecule has 60 valence electrons. The fourth-order valence-electron chi connectivity index (χ4n) is 1.45. The molecular weight excluding hydrogens is 140 g/mol. The summed E-state index contributed by atoms with van der Waals surface area (Å²) in [5, 5.41) is 11.5. The van der Waals surface area contributed by atoms with Gasteiger partial charge in [-0.05, 0) is 25.9 Å². The lowest BCUT2D eigenvalue weighted by Gasteiger charge is -2.21. The van der Waals surface area contributed by atoms with Gasteiger partial charge in [0.15, 0.2) is 0 Å². The molecule has 0 saturated carbocycles. The van der Waals surface area contributed by atoms with Crippen molar-refractivity contribution >= 4 is 0 Å². The van der Waals surface area contributed by atoms with Crippen LogP contribution in [0.1, 0.15) is 18.9 Å². The molecule has 0 radical (unpaired) electrons. The van der Waals surface area contributed by atoms with Crippen molar-refractivity contribution in [3.8, 4) is 0 Å². The Morgan fingerprint density at radius 2 is 1.82 bits per heavy atom. The molecule has 0 spiro atoms. The molecule has 4 nitrogen and oxygen atoms in total. The Bertz CT molecular complexity index is 200. The van der Waals surface area contributed by atoms with E-state index in [0.29, 0.717) is 6.04 Å². The topological polar surface area (TPSA) is 42.7 Å². The predicted molar refractivity (Wildman–Crippen MR) is 41.2 cm³/mol. The smallest absolute Gasteiger partial charge is 0.0740 e. The number of hydrogen-bond donors (Lipinski definition) is 1. The van der Waals surface area contributed by atoms with Crippen LogP contribution < -0.4 is 5.32 Å². The molecule has 2 rings (SSSR count). The van der Waals surface area contributed by atoms with Crippen molar-refractivity contribution in [3.05, 3.63) is 12.4 Å². The van der Waals surface area contributed by atoms with Crippen molar-refractivity contribution in [1.29, 1.82) is 0 Å². The summed E-state index contributed by atoms with van der Waals surface area (Å²) < 4.78 is 0. The molecule has 1 fully saturated rings. The molecular formula is C7H12N4. The third-order valence-electron chi connectivity index (χ3n) is 2.07. The van der Waals surface area contributed by atoms with E-state index in [0.717, 1.165) is 25.9 Å². The van der Waals surface area contributed by atoms with Gasteiger partial charge in [-0.15, -0.1) is 0 Å². The van der Waals surface area contributed by atoms with Crippen molar-refractivity contribution < 1.29 is 0 Å². The normalized spacial score (nSPS) is 20.4. The summed E-state index contributed by atoms with van der Waals surface area (Å²) in [6.07, 6.45) is 5.77. The Balaban J connectivity index is 2.04. The van der Waals surface area contributed by atoms with Gasteiger partial charge in [0.25, 0.3) is 0 Å². The molecule has 0 bridgehead atoms. The van der Waals surface area contributed by atoms with Gasteiger partial charge in [0.2, 0.25) is 0 Å². The molecule has 0 unspecified atom stereocenters. The molecule has 1 aliphatic rings. The molecule has 1 aromatic rings. The Morgan fingerprint density at radius 1 is 1.18 bits per heavy atom. The number of piperidine rings is 1. The molecule has 1 aliphatic heterocycles. The lowest BCUT2D eigenvalue weighted by molar-refractivity contribution is 0.314. The van der Waals surface area contributed by atoms with Crippen LogP contribution in [0.15, 0.2) is 12.4 Å². The van der Waals surface area contributed by atoms with Crippen LogP contribution in [0.3, 0.4) is 0 Å². The highest BCUT2D eigenvalue weighted by molar-refractivity contribution is 4.72. The lowest BCUT2D eigenvalue weighted by Crippen LogP contribution is -2.30. The molecule has 0 atom stereocenters. The molecule has 2 heterocycles. The Morgan fingerprint density at radius 3 is 2.45 bits per heavy atom. The fourth-order valence-corrected chi connectivity index (χ4v) is 1.45. The quantitative estimate of drug-likeness (QED) is 0.625. The molecule has 11 heavy (non-hydrogen) atoms. The molecule has 1 saturated heterocycles. The average molecular weight is 152 g/mol. The zero-order valence-corrected chi connectivity index (χ0v) is 6.40. The first-order valence-electron chi connectivity index (χ1n) is 4.03. The van der Waals surface area contributed by atoms with Crippen LogP contribution in [0.5, 0.6) is 0 Å². The zero-order chi connectivity index (χ0) is 7.52. The molecule has 0 aromatic carbocycles. The number of hydrogen-bond acceptors (Lipinski definition) is 3. The summed E-state index contributed by atoms with van der Waals surface area (Å²) in [6.45, 7) is 2.18. The summed E-state index contributed by atoms with van der Waals surface area (Å²) in [7, 11) is 0. The first-order valence-corrected chi connectivity index (χ1v) is 4.03. The second-order valence-corrected chi connectivity index (χ2v) is 2.83. The van der Waals surface area contributed by atoms with E-state index >= 15 is 0 Å². The van der Waals surface area contributed by atoms with E-state index in [9.17, 15) is 0 Å². The number of aromatic nitrogens is 3. The summed E-state index contributed by atoms with van der Waals surface area (Å²) in [5.41, 5.74) is 0. The SMILES string of the molecule is c1cnn(C2CCNCC2)n1. The van der Waals surface area contributed by atoms with Crippen LogP contribution in [0.2, 0.25) is 0 Å². The Hall–Kier alpha value is -0.900. The van der Waals surface area contributed by atoms with E-state index in [1.165, 1.54) is 0 Å². The summed E-state index contributed by atoms with van der Waals surface area (Å²) in [5.74, 6) is 0. The number of rotatable bonds is 1. The van der Waals surface area contributed by atoms with Gasteiger partial charge in [-0.25, -0.2) is 0 Å². The monoisotopic (exact) mass is 152 g/mol. The Kier molecular flexibility index (Phi) is 1.85. The molecule has 0 amide bonds. The number of nitrogens with one attached hydrogen (secondary N) is 1. The van der Waals surface area contributed by atoms with Gasteiger partial charge in [-0.2, -0.15) is 15.0 Å². The minimum absolute atomic E-state index is 0.520. The summed E-state index contributed by atoms with van der Waals surface area (Å²) in [6, 6.07) is 0.520. The van der Waals surface area contributed by atoms with Gasteiger partial charge < -0.3 is 5.32 Å². The molecule has 0 aliphatic carbocycles. The van der Waals surface area contributed by atoms with Gasteiger partial charge in [0.05, 0.1) is 18.4 Å². The van der Waals surface area contributed by atoms with Crippen LogP contribution in [-0.4, -0.2) is 28.1 Å². The second kappa shape index (κ2) is 3.00. The van der Waals surface area contributed by atoms with Crippen LogP contribution in [0.25, 0.3) is 0 Å². The van der Waals surface area contributed by atoms with Gasteiger partial charge in [0.1, 0.15) is 0 Å². The third kappa shape index (κ3) is 1.40. The maximum atomic E-state index is 4.12. The highest BCUT2D eigenvalue weighted by atomic mass is 15.5. The lowest BCUT2D eigenvalue weighted by atomic mass is 10.1. The van der Waals surface area contributed by atoms with Crippen LogP contribution >= 0.6 is 0 Å².